The summed E-state index contributed by atoms with van der Waals surface area (Å²) >= 11 is 1.53. The van der Waals surface area contributed by atoms with Crippen LogP contribution >= 0.6 is 11.8 Å². The van der Waals surface area contributed by atoms with Gasteiger partial charge in [0, 0.05) is 12.2 Å². The number of hydrogen-bond donors (Lipinski definition) is 0. The van der Waals surface area contributed by atoms with Crippen molar-refractivity contribution in [3.63, 3.8) is 0 Å². The van der Waals surface area contributed by atoms with Crippen molar-refractivity contribution >= 4 is 17.5 Å². The lowest BCUT2D eigenvalue weighted by Gasteiger charge is -2.09. The minimum atomic E-state index is -2.91. The summed E-state index contributed by atoms with van der Waals surface area (Å²) in [5.41, 5.74) is 0.219. The molecule has 16 heavy (non-hydrogen) atoms. The molecule has 0 radical (unpaired) electrons. The molecule has 0 aromatic heterocycles. The van der Waals surface area contributed by atoms with E-state index in [2.05, 4.69) is 4.74 Å². The number of benzene rings is 1. The molecule has 1 rings (SSSR count). The third kappa shape index (κ3) is 3.81. The van der Waals surface area contributed by atoms with Crippen molar-refractivity contribution in [2.45, 2.75) is 13.0 Å². The van der Waals surface area contributed by atoms with Crippen molar-refractivity contribution in [3.05, 3.63) is 29.8 Å². The normalized spacial score (nSPS) is 10.5. The summed E-state index contributed by atoms with van der Waals surface area (Å²) in [4.78, 5) is 11.7. The second-order valence-corrected chi connectivity index (χ2v) is 4.03. The van der Waals surface area contributed by atoms with Crippen LogP contribution in [-0.4, -0.2) is 24.4 Å². The molecule has 88 valence electrons. The summed E-state index contributed by atoms with van der Waals surface area (Å²) < 4.78 is 28.4. The van der Waals surface area contributed by atoms with Gasteiger partial charge in [0.1, 0.15) is 5.75 Å². The number of carbonyl (C=O) groups excluding carboxylic acids is 1. The first-order valence-electron chi connectivity index (χ1n) is 4.71. The first kappa shape index (κ1) is 13.0. The molecule has 0 aliphatic rings. The van der Waals surface area contributed by atoms with E-state index in [4.69, 9.17) is 0 Å². The van der Waals surface area contributed by atoms with Crippen molar-refractivity contribution in [1.29, 1.82) is 0 Å². The number of ether oxygens (including phenoxy) is 1. The highest BCUT2D eigenvalue weighted by Crippen LogP contribution is 2.22. The summed E-state index contributed by atoms with van der Waals surface area (Å²) in [6.07, 6.45) is 2.21. The number of ketones is 1. The Morgan fingerprint density at radius 2 is 2.12 bits per heavy atom. The van der Waals surface area contributed by atoms with Gasteiger partial charge in [-0.1, -0.05) is 12.1 Å². The topological polar surface area (TPSA) is 26.3 Å². The van der Waals surface area contributed by atoms with Crippen LogP contribution in [0.25, 0.3) is 0 Å². The van der Waals surface area contributed by atoms with Gasteiger partial charge in [-0.3, -0.25) is 4.79 Å². The molecule has 1 aromatic carbocycles. The molecular weight excluding hydrogens is 234 g/mol. The Labute approximate surface area is 97.0 Å². The molecule has 0 bridgehead atoms. The zero-order valence-corrected chi connectivity index (χ0v) is 9.60. The van der Waals surface area contributed by atoms with Crippen LogP contribution < -0.4 is 4.74 Å². The fourth-order valence-corrected chi connectivity index (χ4v) is 1.61. The van der Waals surface area contributed by atoms with Gasteiger partial charge in [-0.2, -0.15) is 20.5 Å². The fourth-order valence-electron chi connectivity index (χ4n) is 1.23. The largest absolute Gasteiger partial charge is 0.434 e. The van der Waals surface area contributed by atoms with E-state index >= 15 is 0 Å². The van der Waals surface area contributed by atoms with Gasteiger partial charge in [-0.15, -0.1) is 0 Å². The number of halogens is 2. The van der Waals surface area contributed by atoms with E-state index in [0.717, 1.165) is 0 Å². The highest BCUT2D eigenvalue weighted by Gasteiger charge is 2.14. The van der Waals surface area contributed by atoms with E-state index in [0.29, 0.717) is 12.2 Å². The lowest BCUT2D eigenvalue weighted by Crippen LogP contribution is -2.08. The van der Waals surface area contributed by atoms with Crippen molar-refractivity contribution in [1.82, 2.24) is 0 Å². The van der Waals surface area contributed by atoms with Gasteiger partial charge < -0.3 is 4.74 Å². The maximum absolute atomic E-state index is 12.1. The maximum Gasteiger partial charge on any atom is 0.387 e. The van der Waals surface area contributed by atoms with Gasteiger partial charge in [0.05, 0.1) is 5.56 Å². The van der Waals surface area contributed by atoms with Gasteiger partial charge in [0.2, 0.25) is 0 Å². The lowest BCUT2D eigenvalue weighted by atomic mass is 10.1. The van der Waals surface area contributed by atoms with Crippen molar-refractivity contribution in [3.8, 4) is 5.75 Å². The number of alkyl halides is 2. The Hall–Kier alpha value is -1.10. The van der Waals surface area contributed by atoms with E-state index in [9.17, 15) is 13.6 Å². The molecule has 0 heterocycles. The minimum absolute atomic E-state index is 0.0522. The molecule has 0 saturated carbocycles. The molecule has 0 spiro atoms. The van der Waals surface area contributed by atoms with Crippen LogP contribution in [-0.2, 0) is 0 Å². The van der Waals surface area contributed by atoms with Gasteiger partial charge in [0.25, 0.3) is 0 Å². The highest BCUT2D eigenvalue weighted by molar-refractivity contribution is 7.98. The van der Waals surface area contributed by atoms with Crippen LogP contribution in [0.15, 0.2) is 24.3 Å². The zero-order valence-electron chi connectivity index (χ0n) is 8.78. The lowest BCUT2D eigenvalue weighted by molar-refractivity contribution is -0.0501. The fraction of sp³-hybridized carbons (Fsp3) is 0.364. The van der Waals surface area contributed by atoms with Gasteiger partial charge in [0.15, 0.2) is 5.78 Å². The molecule has 0 N–H and O–H groups in total. The van der Waals surface area contributed by atoms with Crippen LogP contribution in [0.4, 0.5) is 8.78 Å². The van der Waals surface area contributed by atoms with Gasteiger partial charge in [-0.25, -0.2) is 0 Å². The standard InChI is InChI=1S/C11H12F2O2S/c1-16-7-6-9(14)8-4-2-3-5-10(8)15-11(12)13/h2-5,11H,6-7H2,1H3. The maximum atomic E-state index is 12.1. The number of Topliss-reactive ketones (excluding diaryl/α,β-unsaturated/α-hetero) is 1. The van der Waals surface area contributed by atoms with E-state index in [1.54, 1.807) is 12.1 Å². The first-order chi connectivity index (χ1) is 7.65. The zero-order chi connectivity index (χ0) is 12.0. The molecule has 2 nitrogen and oxygen atoms in total. The number of hydrogen-bond acceptors (Lipinski definition) is 3. The summed E-state index contributed by atoms with van der Waals surface area (Å²) in [5, 5.41) is 0. The summed E-state index contributed by atoms with van der Waals surface area (Å²) in [7, 11) is 0. The molecule has 0 amide bonds. The average Bonchev–Trinajstić information content (AvgIpc) is 2.26. The van der Waals surface area contributed by atoms with Crippen LogP contribution in [0, 0.1) is 0 Å². The number of para-hydroxylation sites is 1. The van der Waals surface area contributed by atoms with Gasteiger partial charge in [-0.05, 0) is 18.4 Å². The highest BCUT2D eigenvalue weighted by atomic mass is 32.2. The van der Waals surface area contributed by atoms with E-state index in [-0.39, 0.29) is 17.1 Å². The monoisotopic (exact) mass is 246 g/mol. The Morgan fingerprint density at radius 3 is 2.75 bits per heavy atom. The van der Waals surface area contributed by atoms with E-state index in [1.807, 2.05) is 6.26 Å². The first-order valence-corrected chi connectivity index (χ1v) is 6.10. The second kappa shape index (κ2) is 6.48. The smallest absolute Gasteiger partial charge is 0.387 e. The van der Waals surface area contributed by atoms with E-state index in [1.165, 1.54) is 23.9 Å². The Bertz CT molecular complexity index is 356. The predicted molar refractivity (Wildman–Crippen MR) is 60.4 cm³/mol. The van der Waals surface area contributed by atoms with Crippen molar-refractivity contribution in [2.75, 3.05) is 12.0 Å². The average molecular weight is 246 g/mol. The third-order valence-electron chi connectivity index (χ3n) is 1.94. The number of rotatable bonds is 6. The molecular formula is C11H12F2O2S. The molecule has 1 aromatic rings. The Kier molecular flexibility index (Phi) is 5.25. The van der Waals surface area contributed by atoms with Crippen LogP contribution in [0.1, 0.15) is 16.8 Å². The molecule has 0 aliphatic heterocycles. The van der Waals surface area contributed by atoms with Crippen molar-refractivity contribution in [2.24, 2.45) is 0 Å². The summed E-state index contributed by atoms with van der Waals surface area (Å²) in [6, 6.07) is 6.06. The predicted octanol–water partition coefficient (Wildman–Crippen LogP) is 3.22. The minimum Gasteiger partial charge on any atom is -0.434 e. The molecule has 0 fully saturated rings. The van der Waals surface area contributed by atoms with Crippen molar-refractivity contribution < 1.29 is 18.3 Å². The Balaban J connectivity index is 2.81. The van der Waals surface area contributed by atoms with Crippen LogP contribution in [0.2, 0.25) is 0 Å². The quantitative estimate of drug-likeness (QED) is 0.721. The molecule has 0 aliphatic carbocycles. The number of thioether (sulfide) groups is 1. The molecule has 5 heteroatoms. The summed E-state index contributed by atoms with van der Waals surface area (Å²) in [5.74, 6) is 0.441. The number of carbonyl (C=O) groups is 1. The van der Waals surface area contributed by atoms with Gasteiger partial charge >= 0.3 is 6.61 Å². The molecule has 0 atom stereocenters. The summed E-state index contributed by atoms with van der Waals surface area (Å²) in [6.45, 7) is -2.91. The SMILES string of the molecule is CSCCC(=O)c1ccccc1OC(F)F. The van der Waals surface area contributed by atoms with E-state index < -0.39 is 6.61 Å². The molecule has 0 saturated heterocycles. The molecule has 0 unspecified atom stereocenters. The van der Waals surface area contributed by atoms with Crippen LogP contribution in [0.3, 0.4) is 0 Å². The second-order valence-electron chi connectivity index (χ2n) is 3.04. The third-order valence-corrected chi connectivity index (χ3v) is 2.55. The Morgan fingerprint density at radius 1 is 1.44 bits per heavy atom. The van der Waals surface area contributed by atoms with Crippen LogP contribution in [0.5, 0.6) is 5.75 Å².